The van der Waals surface area contributed by atoms with Gasteiger partial charge in [-0.2, -0.15) is 0 Å². The molecule has 14 heavy (non-hydrogen) atoms. The first kappa shape index (κ1) is 14.5. The van der Waals surface area contributed by atoms with E-state index in [1.54, 1.807) is 0 Å². The van der Waals surface area contributed by atoms with Crippen molar-refractivity contribution in [1.82, 2.24) is 0 Å². The van der Waals surface area contributed by atoms with Crippen LogP contribution in [0.2, 0.25) is 5.82 Å². The Morgan fingerprint density at radius 1 is 1.00 bits per heavy atom. The summed E-state index contributed by atoms with van der Waals surface area (Å²) in [6.07, 6.45) is 11.1. The summed E-state index contributed by atoms with van der Waals surface area (Å²) in [5, 5.41) is 0.568. The zero-order valence-electron chi connectivity index (χ0n) is 10.1. The SMILES string of the molecule is CCCCCCCCCC(OC)[Se]C. The number of ether oxygens (including phenoxy) is 1. The van der Waals surface area contributed by atoms with Crippen LogP contribution in [-0.4, -0.2) is 27.1 Å². The molecule has 0 aromatic heterocycles. The molecule has 0 aliphatic rings. The van der Waals surface area contributed by atoms with Crippen LogP contribution < -0.4 is 0 Å². The van der Waals surface area contributed by atoms with Gasteiger partial charge < -0.3 is 0 Å². The van der Waals surface area contributed by atoms with E-state index < -0.39 is 0 Å². The van der Waals surface area contributed by atoms with Crippen LogP contribution in [0.15, 0.2) is 0 Å². The molecule has 2 heteroatoms. The third-order valence-corrected chi connectivity index (χ3v) is 4.57. The van der Waals surface area contributed by atoms with Crippen LogP contribution in [0.25, 0.3) is 0 Å². The van der Waals surface area contributed by atoms with Gasteiger partial charge in [0, 0.05) is 0 Å². The molecule has 0 spiro atoms. The van der Waals surface area contributed by atoms with Gasteiger partial charge in [-0.25, -0.2) is 0 Å². The van der Waals surface area contributed by atoms with Gasteiger partial charge in [0.2, 0.25) is 0 Å². The average Bonchev–Trinajstić information content (AvgIpc) is 2.22. The molecule has 86 valence electrons. The van der Waals surface area contributed by atoms with Crippen LogP contribution in [-0.2, 0) is 4.74 Å². The van der Waals surface area contributed by atoms with Gasteiger partial charge in [0.05, 0.1) is 0 Å². The normalized spacial score (nSPS) is 13.1. The van der Waals surface area contributed by atoms with E-state index >= 15 is 0 Å². The Hall–Kier alpha value is 0.479. The third-order valence-electron chi connectivity index (χ3n) is 2.57. The molecule has 1 unspecified atom stereocenters. The first-order valence-corrected chi connectivity index (χ1v) is 8.61. The predicted octanol–water partition coefficient (Wildman–Crippen LogP) is 3.85. The standard InChI is InChI=1S/C12H26OSe/c1-4-5-6-7-8-9-10-11-12(13-2)14-3/h12H,4-11H2,1-3H3. The summed E-state index contributed by atoms with van der Waals surface area (Å²) < 4.78 is 5.37. The maximum atomic E-state index is 5.37. The van der Waals surface area contributed by atoms with E-state index in [9.17, 15) is 0 Å². The summed E-state index contributed by atoms with van der Waals surface area (Å²) in [7, 11) is 1.84. The Kier molecular flexibility index (Phi) is 11.9. The van der Waals surface area contributed by atoms with Crippen LogP contribution in [0.3, 0.4) is 0 Å². The quantitative estimate of drug-likeness (QED) is 0.430. The third kappa shape index (κ3) is 9.05. The van der Waals surface area contributed by atoms with Gasteiger partial charge in [-0.05, 0) is 0 Å². The molecule has 0 aromatic carbocycles. The summed E-state index contributed by atoms with van der Waals surface area (Å²) in [4.78, 5) is 0. The molecule has 0 heterocycles. The van der Waals surface area contributed by atoms with Gasteiger partial charge in [-0.1, -0.05) is 0 Å². The summed E-state index contributed by atoms with van der Waals surface area (Å²) in [5.74, 6) is 2.27. The van der Waals surface area contributed by atoms with Gasteiger partial charge in [-0.15, -0.1) is 0 Å². The number of hydrogen-bond donors (Lipinski definition) is 0. The van der Waals surface area contributed by atoms with E-state index in [1.807, 2.05) is 7.11 Å². The topological polar surface area (TPSA) is 9.23 Å². The zero-order valence-corrected chi connectivity index (χ0v) is 11.8. The summed E-state index contributed by atoms with van der Waals surface area (Å²) in [5.41, 5.74) is 0. The predicted molar refractivity (Wildman–Crippen MR) is 65.0 cm³/mol. The molecule has 1 nitrogen and oxygen atoms in total. The van der Waals surface area contributed by atoms with E-state index in [0.29, 0.717) is 20.0 Å². The second-order valence-electron chi connectivity index (χ2n) is 3.81. The molecule has 0 N–H and O–H groups in total. The molecular weight excluding hydrogens is 239 g/mol. The minimum atomic E-state index is 0.568. The number of unbranched alkanes of at least 4 members (excludes halogenated alkanes) is 6. The van der Waals surface area contributed by atoms with Gasteiger partial charge in [0.15, 0.2) is 0 Å². The second kappa shape index (κ2) is 11.6. The van der Waals surface area contributed by atoms with E-state index in [0.717, 1.165) is 0 Å². The molecule has 0 saturated carbocycles. The fourth-order valence-electron chi connectivity index (χ4n) is 1.60. The molecule has 0 bridgehead atoms. The van der Waals surface area contributed by atoms with Crippen molar-refractivity contribution in [3.05, 3.63) is 0 Å². The first-order chi connectivity index (χ1) is 6.85. The molecule has 1 atom stereocenters. The number of hydrogen-bond acceptors (Lipinski definition) is 1. The Morgan fingerprint density at radius 2 is 1.57 bits per heavy atom. The van der Waals surface area contributed by atoms with E-state index in [-0.39, 0.29) is 0 Å². The summed E-state index contributed by atoms with van der Waals surface area (Å²) in [6.45, 7) is 2.27. The van der Waals surface area contributed by atoms with Crippen LogP contribution in [0.5, 0.6) is 0 Å². The molecule has 0 aliphatic heterocycles. The van der Waals surface area contributed by atoms with Crippen molar-refractivity contribution in [1.29, 1.82) is 0 Å². The van der Waals surface area contributed by atoms with Gasteiger partial charge in [0.1, 0.15) is 0 Å². The molecule has 0 amide bonds. The van der Waals surface area contributed by atoms with E-state index in [1.165, 1.54) is 51.4 Å². The van der Waals surface area contributed by atoms with Crippen LogP contribution in [0.4, 0.5) is 0 Å². The van der Waals surface area contributed by atoms with Crippen molar-refractivity contribution in [3.63, 3.8) is 0 Å². The van der Waals surface area contributed by atoms with E-state index in [2.05, 4.69) is 12.7 Å². The fourth-order valence-corrected chi connectivity index (χ4v) is 2.85. The first-order valence-electron chi connectivity index (χ1n) is 5.90. The van der Waals surface area contributed by atoms with Gasteiger partial charge in [-0.3, -0.25) is 0 Å². The Morgan fingerprint density at radius 3 is 2.07 bits per heavy atom. The number of methoxy groups -OCH3 is 1. The molecule has 0 aromatic rings. The molecule has 0 saturated heterocycles. The van der Waals surface area contributed by atoms with Crippen LogP contribution in [0, 0.1) is 0 Å². The van der Waals surface area contributed by atoms with Gasteiger partial charge in [0.25, 0.3) is 0 Å². The van der Waals surface area contributed by atoms with Crippen molar-refractivity contribution < 1.29 is 4.74 Å². The molecule has 0 aliphatic carbocycles. The molecule has 0 fully saturated rings. The number of rotatable bonds is 10. The van der Waals surface area contributed by atoms with Crippen LogP contribution >= 0.6 is 0 Å². The Balaban J connectivity index is 3.04. The Bertz CT molecular complexity index is 102. The average molecular weight is 265 g/mol. The molecular formula is C12H26OSe. The molecule has 0 radical (unpaired) electrons. The summed E-state index contributed by atoms with van der Waals surface area (Å²) in [6, 6.07) is 0. The van der Waals surface area contributed by atoms with Gasteiger partial charge >= 0.3 is 95.9 Å². The Labute approximate surface area is 96.1 Å². The van der Waals surface area contributed by atoms with E-state index in [4.69, 9.17) is 4.74 Å². The molecule has 0 rings (SSSR count). The van der Waals surface area contributed by atoms with Crippen molar-refractivity contribution in [2.24, 2.45) is 0 Å². The monoisotopic (exact) mass is 266 g/mol. The second-order valence-corrected chi connectivity index (χ2v) is 5.90. The minimum absolute atomic E-state index is 0.568. The zero-order chi connectivity index (χ0) is 10.6. The van der Waals surface area contributed by atoms with Crippen molar-refractivity contribution in [2.75, 3.05) is 7.11 Å². The van der Waals surface area contributed by atoms with Crippen LogP contribution in [0.1, 0.15) is 58.3 Å². The van der Waals surface area contributed by atoms with Crippen molar-refractivity contribution >= 4 is 15.0 Å². The van der Waals surface area contributed by atoms with Crippen molar-refractivity contribution in [3.8, 4) is 0 Å². The van der Waals surface area contributed by atoms with Crippen molar-refractivity contribution in [2.45, 2.75) is 69.1 Å². The summed E-state index contributed by atoms with van der Waals surface area (Å²) >= 11 is 0.664. The maximum absolute atomic E-state index is 5.37. The fraction of sp³-hybridized carbons (Fsp3) is 1.00.